The molecule has 1 aromatic rings. The van der Waals surface area contributed by atoms with Crippen molar-refractivity contribution < 1.29 is 14.3 Å². The Labute approximate surface area is 124 Å². The van der Waals surface area contributed by atoms with Crippen molar-refractivity contribution >= 4 is 17.5 Å². The van der Waals surface area contributed by atoms with Gasteiger partial charge in [-0.15, -0.1) is 0 Å². The number of carbonyl (C=O) groups excluding carboxylic acids is 1. The summed E-state index contributed by atoms with van der Waals surface area (Å²) in [5, 5.41) is 3.72. The van der Waals surface area contributed by atoms with E-state index in [-0.39, 0.29) is 6.61 Å². The lowest BCUT2D eigenvalue weighted by Crippen LogP contribution is -2.20. The minimum Gasteiger partial charge on any atom is -0.493 e. The fraction of sp³-hybridized carbons (Fsp3) is 0.500. The maximum atomic E-state index is 10.8. The van der Waals surface area contributed by atoms with Crippen LogP contribution in [0.15, 0.2) is 12.1 Å². The first-order chi connectivity index (χ1) is 9.58. The molecule has 0 aliphatic heterocycles. The number of benzene rings is 1. The maximum Gasteiger partial charge on any atom is 0.255 e. The summed E-state index contributed by atoms with van der Waals surface area (Å²) in [6.45, 7) is 3.57. The van der Waals surface area contributed by atoms with Crippen molar-refractivity contribution in [1.29, 1.82) is 0 Å². The molecule has 0 atom stereocenters. The van der Waals surface area contributed by atoms with Gasteiger partial charge in [-0.25, -0.2) is 0 Å². The number of methoxy groups -OCH3 is 1. The number of halogens is 1. The second-order valence-corrected chi connectivity index (χ2v) is 4.80. The number of rotatable bonds is 9. The van der Waals surface area contributed by atoms with Crippen molar-refractivity contribution in [2.45, 2.75) is 26.3 Å². The molecule has 0 saturated heterocycles. The smallest absolute Gasteiger partial charge is 0.255 e. The number of primary amides is 1. The average molecular weight is 301 g/mol. The van der Waals surface area contributed by atoms with Gasteiger partial charge in [-0.2, -0.15) is 0 Å². The Bertz CT molecular complexity index is 452. The number of carbonyl (C=O) groups is 1. The van der Waals surface area contributed by atoms with Crippen molar-refractivity contribution in [3.8, 4) is 11.5 Å². The second kappa shape index (κ2) is 8.66. The van der Waals surface area contributed by atoms with Crippen molar-refractivity contribution in [2.75, 3.05) is 20.3 Å². The number of ether oxygens (including phenoxy) is 2. The first kappa shape index (κ1) is 16.6. The van der Waals surface area contributed by atoms with Crippen LogP contribution in [-0.2, 0) is 11.3 Å². The molecule has 1 aromatic carbocycles. The van der Waals surface area contributed by atoms with Crippen LogP contribution >= 0.6 is 11.6 Å². The molecular weight excluding hydrogens is 280 g/mol. The van der Waals surface area contributed by atoms with Gasteiger partial charge in [0.2, 0.25) is 0 Å². The average Bonchev–Trinajstić information content (AvgIpc) is 2.41. The lowest BCUT2D eigenvalue weighted by Gasteiger charge is -2.13. The molecule has 3 N–H and O–H groups in total. The first-order valence-electron chi connectivity index (χ1n) is 6.56. The molecule has 0 heterocycles. The molecule has 0 aliphatic carbocycles. The van der Waals surface area contributed by atoms with E-state index in [9.17, 15) is 4.79 Å². The van der Waals surface area contributed by atoms with Crippen LogP contribution < -0.4 is 20.5 Å². The molecular formula is C14H21ClN2O3. The molecule has 20 heavy (non-hydrogen) atoms. The van der Waals surface area contributed by atoms with Gasteiger partial charge in [0.15, 0.2) is 18.1 Å². The normalized spacial score (nSPS) is 10.3. The van der Waals surface area contributed by atoms with Crippen molar-refractivity contribution in [3.05, 3.63) is 22.7 Å². The number of nitrogens with one attached hydrogen (secondary N) is 1. The van der Waals surface area contributed by atoms with E-state index >= 15 is 0 Å². The predicted octanol–water partition coefficient (Wildman–Crippen LogP) is 2.10. The Kier molecular flexibility index (Phi) is 7.18. The molecule has 6 heteroatoms. The third kappa shape index (κ3) is 5.27. The van der Waals surface area contributed by atoms with Crippen molar-refractivity contribution in [2.24, 2.45) is 5.73 Å². The van der Waals surface area contributed by atoms with E-state index in [0.717, 1.165) is 24.9 Å². The highest BCUT2D eigenvalue weighted by atomic mass is 35.5. The zero-order chi connectivity index (χ0) is 15.0. The van der Waals surface area contributed by atoms with E-state index in [1.807, 2.05) is 6.07 Å². The van der Waals surface area contributed by atoms with Gasteiger partial charge in [-0.3, -0.25) is 4.79 Å². The quantitative estimate of drug-likeness (QED) is 0.685. The summed E-state index contributed by atoms with van der Waals surface area (Å²) in [5.74, 6) is 0.268. The zero-order valence-electron chi connectivity index (χ0n) is 11.9. The van der Waals surface area contributed by atoms with Gasteiger partial charge in [0.05, 0.1) is 12.1 Å². The molecule has 0 unspecified atom stereocenters. The van der Waals surface area contributed by atoms with Gasteiger partial charge >= 0.3 is 0 Å². The summed E-state index contributed by atoms with van der Waals surface area (Å²) < 4.78 is 10.5. The molecule has 112 valence electrons. The Morgan fingerprint density at radius 2 is 2.20 bits per heavy atom. The van der Waals surface area contributed by atoms with Gasteiger partial charge in [0.25, 0.3) is 5.91 Å². The summed E-state index contributed by atoms with van der Waals surface area (Å²) in [4.78, 5) is 10.8. The molecule has 0 bridgehead atoms. The van der Waals surface area contributed by atoms with Crippen LogP contribution in [0, 0.1) is 0 Å². The van der Waals surface area contributed by atoms with Crippen LogP contribution in [-0.4, -0.2) is 26.2 Å². The number of nitrogens with two attached hydrogens (primary N) is 1. The van der Waals surface area contributed by atoms with Crippen LogP contribution in [0.4, 0.5) is 0 Å². The Balaban J connectivity index is 2.75. The Hall–Kier alpha value is -1.46. The topological polar surface area (TPSA) is 73.6 Å². The van der Waals surface area contributed by atoms with Gasteiger partial charge in [0, 0.05) is 6.54 Å². The fourth-order valence-electron chi connectivity index (χ4n) is 1.69. The summed E-state index contributed by atoms with van der Waals surface area (Å²) in [6.07, 6.45) is 2.28. The van der Waals surface area contributed by atoms with E-state index in [1.165, 1.54) is 7.11 Å². The van der Waals surface area contributed by atoms with Gasteiger partial charge in [-0.05, 0) is 30.7 Å². The van der Waals surface area contributed by atoms with E-state index in [2.05, 4.69) is 12.2 Å². The largest absolute Gasteiger partial charge is 0.493 e. The third-order valence-electron chi connectivity index (χ3n) is 2.68. The van der Waals surface area contributed by atoms with E-state index in [0.29, 0.717) is 23.1 Å². The lowest BCUT2D eigenvalue weighted by atomic mass is 10.2. The summed E-state index contributed by atoms with van der Waals surface area (Å²) in [7, 11) is 1.52. The summed E-state index contributed by atoms with van der Waals surface area (Å²) in [6, 6.07) is 3.63. The monoisotopic (exact) mass is 300 g/mol. The fourth-order valence-corrected chi connectivity index (χ4v) is 1.98. The Morgan fingerprint density at radius 3 is 2.80 bits per heavy atom. The van der Waals surface area contributed by atoms with E-state index in [4.69, 9.17) is 26.8 Å². The molecule has 0 fully saturated rings. The number of hydrogen-bond donors (Lipinski definition) is 2. The standard InChI is InChI=1S/C14H21ClN2O3/c1-3-4-5-17-8-10-6-11(15)14(12(7-10)19-2)20-9-13(16)18/h6-7,17H,3-5,8-9H2,1-2H3,(H2,16,18). The zero-order valence-corrected chi connectivity index (χ0v) is 12.6. The SMILES string of the molecule is CCCCNCc1cc(Cl)c(OCC(N)=O)c(OC)c1. The molecule has 0 radical (unpaired) electrons. The molecule has 5 nitrogen and oxygen atoms in total. The molecule has 1 rings (SSSR count). The van der Waals surface area contributed by atoms with Gasteiger partial charge in [0.1, 0.15) is 0 Å². The maximum absolute atomic E-state index is 10.8. The summed E-state index contributed by atoms with van der Waals surface area (Å²) >= 11 is 6.15. The van der Waals surface area contributed by atoms with Crippen molar-refractivity contribution in [3.63, 3.8) is 0 Å². The molecule has 1 amide bonds. The molecule has 0 spiro atoms. The van der Waals surface area contributed by atoms with E-state index in [1.54, 1.807) is 6.07 Å². The van der Waals surface area contributed by atoms with Crippen LogP contribution in [0.25, 0.3) is 0 Å². The Morgan fingerprint density at radius 1 is 1.45 bits per heavy atom. The molecule has 0 aromatic heterocycles. The minimum atomic E-state index is -0.562. The van der Waals surface area contributed by atoms with Crippen molar-refractivity contribution in [1.82, 2.24) is 5.32 Å². The molecule has 0 saturated carbocycles. The third-order valence-corrected chi connectivity index (χ3v) is 2.96. The van der Waals surface area contributed by atoms with Crippen LogP contribution in [0.3, 0.4) is 0 Å². The minimum absolute atomic E-state index is 0.232. The number of amides is 1. The van der Waals surface area contributed by atoms with Crippen LogP contribution in [0.5, 0.6) is 11.5 Å². The molecule has 0 aliphatic rings. The van der Waals surface area contributed by atoms with Crippen LogP contribution in [0.1, 0.15) is 25.3 Å². The van der Waals surface area contributed by atoms with E-state index < -0.39 is 5.91 Å². The lowest BCUT2D eigenvalue weighted by molar-refractivity contribution is -0.119. The summed E-state index contributed by atoms with van der Waals surface area (Å²) in [5.41, 5.74) is 6.04. The highest BCUT2D eigenvalue weighted by Crippen LogP contribution is 2.36. The number of hydrogen-bond acceptors (Lipinski definition) is 4. The highest BCUT2D eigenvalue weighted by molar-refractivity contribution is 6.32. The first-order valence-corrected chi connectivity index (χ1v) is 6.94. The van der Waals surface area contributed by atoms with Gasteiger partial charge < -0.3 is 20.5 Å². The number of unbranched alkanes of at least 4 members (excludes halogenated alkanes) is 1. The van der Waals surface area contributed by atoms with Crippen LogP contribution in [0.2, 0.25) is 5.02 Å². The predicted molar refractivity (Wildman–Crippen MR) is 79.3 cm³/mol. The highest BCUT2D eigenvalue weighted by Gasteiger charge is 2.12. The van der Waals surface area contributed by atoms with Gasteiger partial charge in [-0.1, -0.05) is 24.9 Å². The second-order valence-electron chi connectivity index (χ2n) is 4.39.